The van der Waals surface area contributed by atoms with Crippen molar-refractivity contribution >= 4 is 5.69 Å². The third-order valence-corrected chi connectivity index (χ3v) is 2.25. The van der Waals surface area contributed by atoms with Gasteiger partial charge in [0, 0.05) is 20.4 Å². The normalized spacial score (nSPS) is 10.7. The first kappa shape index (κ1) is 13.5. The van der Waals surface area contributed by atoms with Crippen LogP contribution in [-0.4, -0.2) is 36.1 Å². The molecule has 7 heteroatoms. The summed E-state index contributed by atoms with van der Waals surface area (Å²) in [5.74, 6) is 0. The molecule has 7 nitrogen and oxygen atoms in total. The van der Waals surface area contributed by atoms with E-state index in [9.17, 15) is 9.59 Å². The van der Waals surface area contributed by atoms with Gasteiger partial charge in [-0.05, 0) is 0 Å². The molecule has 0 saturated carbocycles. The van der Waals surface area contributed by atoms with Gasteiger partial charge in [0.25, 0.3) is 5.56 Å². The number of methoxy groups -OCH3 is 1. The summed E-state index contributed by atoms with van der Waals surface area (Å²) in [6.07, 6.45) is 1.31. The number of hydrogen-bond acceptors (Lipinski definition) is 5. The predicted molar refractivity (Wildman–Crippen MR) is 63.1 cm³/mol. The van der Waals surface area contributed by atoms with Gasteiger partial charge in [-0.1, -0.05) is 0 Å². The summed E-state index contributed by atoms with van der Waals surface area (Å²) in [5, 5.41) is 0. The van der Waals surface area contributed by atoms with Gasteiger partial charge in [-0.15, -0.1) is 0 Å². The molecule has 96 valence electrons. The molecule has 0 fully saturated rings. The van der Waals surface area contributed by atoms with Gasteiger partial charge in [-0.3, -0.25) is 9.36 Å². The zero-order valence-corrected chi connectivity index (χ0v) is 10.0. The molecule has 1 rings (SSSR count). The van der Waals surface area contributed by atoms with Gasteiger partial charge in [-0.25, -0.2) is 4.79 Å². The predicted octanol–water partition coefficient (Wildman–Crippen LogP) is -1.21. The number of nitrogens with two attached hydrogens (primary N) is 1. The lowest BCUT2D eigenvalue weighted by Crippen LogP contribution is -2.40. The van der Waals surface area contributed by atoms with Crippen molar-refractivity contribution in [2.45, 2.75) is 6.54 Å². The van der Waals surface area contributed by atoms with E-state index in [0.717, 1.165) is 4.57 Å². The fourth-order valence-corrected chi connectivity index (χ4v) is 1.35. The van der Waals surface area contributed by atoms with E-state index < -0.39 is 11.2 Å². The van der Waals surface area contributed by atoms with Gasteiger partial charge in [0.2, 0.25) is 0 Å². The molecule has 0 spiro atoms. The van der Waals surface area contributed by atoms with Crippen LogP contribution in [0, 0.1) is 0 Å². The molecular weight excluding hydrogens is 226 g/mol. The Bertz CT molecular complexity index is 443. The first-order valence-corrected chi connectivity index (χ1v) is 5.20. The van der Waals surface area contributed by atoms with E-state index in [2.05, 4.69) is 0 Å². The van der Waals surface area contributed by atoms with Crippen LogP contribution in [0.2, 0.25) is 0 Å². The second-order valence-electron chi connectivity index (χ2n) is 3.54. The molecule has 0 aliphatic heterocycles. The van der Waals surface area contributed by atoms with Gasteiger partial charge >= 0.3 is 5.69 Å². The Morgan fingerprint density at radius 1 is 1.29 bits per heavy atom. The molecule has 0 radical (unpaired) electrons. The van der Waals surface area contributed by atoms with Crippen molar-refractivity contribution < 1.29 is 9.47 Å². The summed E-state index contributed by atoms with van der Waals surface area (Å²) in [4.78, 5) is 23.3. The zero-order valence-electron chi connectivity index (χ0n) is 10.0. The average Bonchev–Trinajstić information content (AvgIpc) is 2.30. The van der Waals surface area contributed by atoms with E-state index in [4.69, 9.17) is 15.2 Å². The summed E-state index contributed by atoms with van der Waals surface area (Å²) in [6, 6.07) is 0. The average molecular weight is 243 g/mol. The monoisotopic (exact) mass is 243 g/mol. The molecule has 0 amide bonds. The Kier molecular flexibility index (Phi) is 4.92. The van der Waals surface area contributed by atoms with Crippen LogP contribution in [0.1, 0.15) is 0 Å². The lowest BCUT2D eigenvalue weighted by atomic mass is 10.5. The first-order chi connectivity index (χ1) is 8.07. The van der Waals surface area contributed by atoms with Crippen LogP contribution in [0.4, 0.5) is 5.69 Å². The van der Waals surface area contributed by atoms with Crippen molar-refractivity contribution in [3.8, 4) is 0 Å². The second-order valence-corrected chi connectivity index (χ2v) is 3.54. The standard InChI is InChI=1S/C10H17N3O4/c1-12-7-8(11)9(14)13(10(12)15)3-4-17-6-5-16-2/h7H,3-6,11H2,1-2H3. The van der Waals surface area contributed by atoms with Gasteiger partial charge in [0.05, 0.1) is 26.4 Å². The number of nitrogen functional groups attached to an aromatic ring is 1. The maximum atomic E-state index is 11.7. The third kappa shape index (κ3) is 3.43. The SMILES string of the molecule is COCCOCCn1c(=O)c(N)cn(C)c1=O. The largest absolute Gasteiger partial charge is 0.393 e. The van der Waals surface area contributed by atoms with Crippen molar-refractivity contribution in [3.63, 3.8) is 0 Å². The Morgan fingerprint density at radius 2 is 2.00 bits per heavy atom. The minimum atomic E-state index is -0.483. The van der Waals surface area contributed by atoms with Crippen LogP contribution >= 0.6 is 0 Å². The number of rotatable bonds is 6. The molecule has 1 aromatic rings. The molecule has 1 heterocycles. The van der Waals surface area contributed by atoms with Gasteiger partial charge in [0.1, 0.15) is 5.69 Å². The molecule has 0 aromatic carbocycles. The number of ether oxygens (including phenoxy) is 2. The summed E-state index contributed by atoms with van der Waals surface area (Å²) < 4.78 is 12.3. The van der Waals surface area contributed by atoms with Crippen molar-refractivity contribution in [1.29, 1.82) is 0 Å². The second kappa shape index (κ2) is 6.21. The van der Waals surface area contributed by atoms with Gasteiger partial charge < -0.3 is 19.8 Å². The van der Waals surface area contributed by atoms with Gasteiger partial charge in [0.15, 0.2) is 0 Å². The Balaban J connectivity index is 2.71. The maximum absolute atomic E-state index is 11.7. The summed E-state index contributed by atoms with van der Waals surface area (Å²) in [5.41, 5.74) is 4.65. The molecule has 0 bridgehead atoms. The summed E-state index contributed by atoms with van der Waals surface area (Å²) in [7, 11) is 3.11. The Labute approximate surface area is 98.4 Å². The van der Waals surface area contributed by atoms with Crippen molar-refractivity contribution in [2.75, 3.05) is 32.7 Å². The molecule has 2 N–H and O–H groups in total. The molecule has 0 aliphatic rings. The minimum Gasteiger partial charge on any atom is -0.393 e. The fourth-order valence-electron chi connectivity index (χ4n) is 1.35. The summed E-state index contributed by atoms with van der Waals surface area (Å²) in [6.45, 7) is 1.35. The number of nitrogens with zero attached hydrogens (tertiary/aromatic N) is 2. The van der Waals surface area contributed by atoms with Crippen LogP contribution in [0.3, 0.4) is 0 Å². The smallest absolute Gasteiger partial charge is 0.330 e. The number of aromatic nitrogens is 2. The summed E-state index contributed by atoms with van der Waals surface area (Å²) >= 11 is 0. The van der Waals surface area contributed by atoms with E-state index in [-0.39, 0.29) is 18.8 Å². The fraction of sp³-hybridized carbons (Fsp3) is 0.600. The van der Waals surface area contributed by atoms with Crippen LogP contribution in [0.5, 0.6) is 0 Å². The first-order valence-electron chi connectivity index (χ1n) is 5.20. The highest BCUT2D eigenvalue weighted by Gasteiger charge is 2.06. The lowest BCUT2D eigenvalue weighted by Gasteiger charge is -2.08. The highest BCUT2D eigenvalue weighted by molar-refractivity contribution is 5.30. The van der Waals surface area contributed by atoms with Crippen LogP contribution in [-0.2, 0) is 23.1 Å². The topological polar surface area (TPSA) is 88.5 Å². The highest BCUT2D eigenvalue weighted by atomic mass is 16.5. The minimum absolute atomic E-state index is 0.0454. The number of aryl methyl sites for hydroxylation is 1. The van der Waals surface area contributed by atoms with E-state index in [1.54, 1.807) is 14.2 Å². The molecule has 0 atom stereocenters. The lowest BCUT2D eigenvalue weighted by molar-refractivity contribution is 0.0657. The number of hydrogen-bond donors (Lipinski definition) is 1. The Morgan fingerprint density at radius 3 is 2.65 bits per heavy atom. The van der Waals surface area contributed by atoms with Crippen LogP contribution in [0.15, 0.2) is 15.8 Å². The molecular formula is C10H17N3O4. The van der Waals surface area contributed by atoms with Crippen molar-refractivity contribution in [2.24, 2.45) is 7.05 Å². The molecule has 0 aliphatic carbocycles. The van der Waals surface area contributed by atoms with Crippen molar-refractivity contribution in [1.82, 2.24) is 9.13 Å². The molecule has 17 heavy (non-hydrogen) atoms. The van der Waals surface area contributed by atoms with E-state index >= 15 is 0 Å². The zero-order chi connectivity index (χ0) is 12.8. The third-order valence-electron chi connectivity index (χ3n) is 2.25. The van der Waals surface area contributed by atoms with Crippen LogP contribution < -0.4 is 17.0 Å². The molecule has 0 saturated heterocycles. The van der Waals surface area contributed by atoms with Gasteiger partial charge in [-0.2, -0.15) is 0 Å². The van der Waals surface area contributed by atoms with Crippen molar-refractivity contribution in [3.05, 3.63) is 27.0 Å². The Hall–Kier alpha value is -1.60. The van der Waals surface area contributed by atoms with Crippen LogP contribution in [0.25, 0.3) is 0 Å². The maximum Gasteiger partial charge on any atom is 0.330 e. The van der Waals surface area contributed by atoms with E-state index in [0.29, 0.717) is 13.2 Å². The quantitative estimate of drug-likeness (QED) is 0.633. The highest BCUT2D eigenvalue weighted by Crippen LogP contribution is 1.87. The van der Waals surface area contributed by atoms with E-state index in [1.807, 2.05) is 0 Å². The molecule has 0 unspecified atom stereocenters. The van der Waals surface area contributed by atoms with E-state index in [1.165, 1.54) is 10.8 Å². The molecule has 1 aromatic heterocycles. The number of anilines is 1.